The molecular formula is C27H37ClN2O. The van der Waals surface area contributed by atoms with Gasteiger partial charge in [0.25, 0.3) is 0 Å². The molecule has 168 valence electrons. The zero-order valence-corrected chi connectivity index (χ0v) is 19.6. The molecule has 4 aliphatic carbocycles. The van der Waals surface area contributed by atoms with E-state index in [0.717, 1.165) is 80.2 Å². The monoisotopic (exact) mass is 440 g/mol. The number of benzene rings is 1. The maximum atomic E-state index is 13.5. The van der Waals surface area contributed by atoms with Crippen LogP contribution in [0.3, 0.4) is 0 Å². The fraction of sp³-hybridized carbons (Fsp3) is 0.741. The van der Waals surface area contributed by atoms with Crippen molar-refractivity contribution in [2.75, 3.05) is 31.1 Å². The topological polar surface area (TPSA) is 23.6 Å². The fourth-order valence-corrected chi connectivity index (χ4v) is 8.66. The van der Waals surface area contributed by atoms with Crippen molar-refractivity contribution in [3.05, 3.63) is 28.8 Å². The number of aryl methyl sites for hydroxylation is 1. The van der Waals surface area contributed by atoms with E-state index < -0.39 is 0 Å². The molecule has 1 aromatic rings. The Labute approximate surface area is 192 Å². The second kappa shape index (κ2) is 8.06. The van der Waals surface area contributed by atoms with Crippen LogP contribution in [0.2, 0.25) is 5.02 Å². The summed E-state index contributed by atoms with van der Waals surface area (Å²) in [6.07, 6.45) is 14.4. The van der Waals surface area contributed by atoms with Crippen LogP contribution in [0.15, 0.2) is 18.2 Å². The van der Waals surface area contributed by atoms with Gasteiger partial charge < -0.3 is 9.80 Å². The number of carbonyl (C=O) groups is 1. The molecule has 0 spiro atoms. The molecule has 0 N–H and O–H groups in total. The smallest absolute Gasteiger partial charge is 0.230 e. The molecule has 4 heteroatoms. The highest BCUT2D eigenvalue weighted by atomic mass is 35.5. The Morgan fingerprint density at radius 1 is 0.968 bits per heavy atom. The fourth-order valence-electron chi connectivity index (χ4n) is 8.47. The normalized spacial score (nSPS) is 35.8. The molecule has 4 saturated carbocycles. The highest BCUT2D eigenvalue weighted by molar-refractivity contribution is 6.30. The lowest BCUT2D eigenvalue weighted by Gasteiger charge is -2.58. The maximum Gasteiger partial charge on any atom is 0.230 e. The molecule has 0 atom stereocenters. The van der Waals surface area contributed by atoms with E-state index in [4.69, 9.17) is 11.6 Å². The van der Waals surface area contributed by atoms with E-state index in [9.17, 15) is 4.79 Å². The van der Waals surface area contributed by atoms with Crippen molar-refractivity contribution in [1.29, 1.82) is 0 Å². The van der Waals surface area contributed by atoms with Crippen molar-refractivity contribution in [2.45, 2.75) is 70.6 Å². The molecule has 1 saturated heterocycles. The molecule has 5 fully saturated rings. The predicted molar refractivity (Wildman–Crippen MR) is 127 cm³/mol. The van der Waals surface area contributed by atoms with E-state index in [1.54, 1.807) is 0 Å². The minimum Gasteiger partial charge on any atom is -0.312 e. The van der Waals surface area contributed by atoms with Crippen LogP contribution in [-0.4, -0.2) is 37.0 Å². The predicted octanol–water partition coefficient (Wildman–Crippen LogP) is 5.94. The first-order chi connectivity index (χ1) is 15.1. The van der Waals surface area contributed by atoms with Crippen molar-refractivity contribution in [2.24, 2.45) is 29.1 Å². The Hall–Kier alpha value is -1.06. The zero-order valence-electron chi connectivity index (χ0n) is 18.8. The third-order valence-electron chi connectivity index (χ3n) is 9.34. The third kappa shape index (κ3) is 3.95. The van der Waals surface area contributed by atoms with Gasteiger partial charge in [0.15, 0.2) is 0 Å². The van der Waals surface area contributed by atoms with Crippen LogP contribution in [0.25, 0.3) is 0 Å². The number of piperidine rings is 1. The first kappa shape index (κ1) is 20.5. The summed E-state index contributed by atoms with van der Waals surface area (Å²) in [7, 11) is 0. The summed E-state index contributed by atoms with van der Waals surface area (Å²) in [6.45, 7) is 4.39. The van der Waals surface area contributed by atoms with Gasteiger partial charge in [-0.1, -0.05) is 11.6 Å². The van der Waals surface area contributed by atoms with Crippen LogP contribution >= 0.6 is 11.6 Å². The standard InChI is InChI=1S/C27H37ClN2O/c28-24-4-5-25-23(14-24)3-1-2-8-30(25)26(31)22-6-9-29(10-7-22)18-27-15-19-11-20(16-27)13-21(12-19)17-27/h4-5,14,19-22H,1-3,6-13,15-18H2. The van der Waals surface area contributed by atoms with Crippen molar-refractivity contribution >= 4 is 23.2 Å². The molecule has 31 heavy (non-hydrogen) atoms. The Bertz CT molecular complexity index is 808. The lowest BCUT2D eigenvalue weighted by Crippen LogP contribution is -2.53. The molecule has 2 heterocycles. The molecule has 1 aromatic carbocycles. The summed E-state index contributed by atoms with van der Waals surface area (Å²) >= 11 is 6.24. The first-order valence-electron chi connectivity index (χ1n) is 12.9. The van der Waals surface area contributed by atoms with Gasteiger partial charge in [-0.25, -0.2) is 0 Å². The molecule has 0 radical (unpaired) electrons. The summed E-state index contributed by atoms with van der Waals surface area (Å²) < 4.78 is 0. The number of nitrogens with zero attached hydrogens (tertiary/aromatic N) is 2. The lowest BCUT2D eigenvalue weighted by atomic mass is 9.49. The Morgan fingerprint density at radius 2 is 1.65 bits per heavy atom. The number of hydrogen-bond acceptors (Lipinski definition) is 2. The molecular weight excluding hydrogens is 404 g/mol. The van der Waals surface area contributed by atoms with Gasteiger partial charge in [0.05, 0.1) is 0 Å². The number of halogens is 1. The van der Waals surface area contributed by atoms with E-state index in [2.05, 4.69) is 21.9 Å². The van der Waals surface area contributed by atoms with Crippen molar-refractivity contribution in [1.82, 2.24) is 4.90 Å². The number of rotatable bonds is 3. The largest absolute Gasteiger partial charge is 0.312 e. The molecule has 4 bridgehead atoms. The Balaban J connectivity index is 1.10. The van der Waals surface area contributed by atoms with Crippen LogP contribution in [0.5, 0.6) is 0 Å². The second-order valence-electron chi connectivity index (χ2n) is 11.7. The first-order valence-corrected chi connectivity index (χ1v) is 13.3. The third-order valence-corrected chi connectivity index (χ3v) is 9.57. The van der Waals surface area contributed by atoms with Gasteiger partial charge in [-0.15, -0.1) is 0 Å². The average molecular weight is 441 g/mol. The molecule has 0 aromatic heterocycles. The van der Waals surface area contributed by atoms with Gasteiger partial charge in [0, 0.05) is 29.7 Å². The van der Waals surface area contributed by atoms with Crippen molar-refractivity contribution < 1.29 is 4.79 Å². The van der Waals surface area contributed by atoms with E-state index in [-0.39, 0.29) is 5.92 Å². The minimum absolute atomic E-state index is 0.189. The van der Waals surface area contributed by atoms with Crippen LogP contribution in [0, 0.1) is 29.1 Å². The van der Waals surface area contributed by atoms with Gasteiger partial charge in [-0.2, -0.15) is 0 Å². The van der Waals surface area contributed by atoms with Gasteiger partial charge in [0.1, 0.15) is 0 Å². The molecule has 6 aliphatic rings. The summed E-state index contributed by atoms with van der Waals surface area (Å²) in [5, 5.41) is 0.783. The van der Waals surface area contributed by atoms with E-state index in [1.165, 1.54) is 50.6 Å². The van der Waals surface area contributed by atoms with E-state index >= 15 is 0 Å². The van der Waals surface area contributed by atoms with Crippen LogP contribution in [0.4, 0.5) is 5.69 Å². The number of carbonyl (C=O) groups excluding carboxylic acids is 1. The van der Waals surface area contributed by atoms with Gasteiger partial charge >= 0.3 is 0 Å². The van der Waals surface area contributed by atoms with Crippen LogP contribution in [0.1, 0.15) is 69.8 Å². The summed E-state index contributed by atoms with van der Waals surface area (Å²) in [5.74, 6) is 3.64. The van der Waals surface area contributed by atoms with Gasteiger partial charge in [-0.05, 0) is 131 Å². The Morgan fingerprint density at radius 3 is 2.32 bits per heavy atom. The molecule has 7 rings (SSSR count). The summed E-state index contributed by atoms with van der Waals surface area (Å²) in [5.41, 5.74) is 2.98. The highest BCUT2D eigenvalue weighted by Gasteiger charge is 2.51. The molecule has 0 unspecified atom stereocenters. The van der Waals surface area contributed by atoms with Crippen LogP contribution in [-0.2, 0) is 11.2 Å². The van der Waals surface area contributed by atoms with Gasteiger partial charge in [0.2, 0.25) is 5.91 Å². The van der Waals surface area contributed by atoms with E-state index in [0.29, 0.717) is 11.3 Å². The molecule has 2 aliphatic heterocycles. The SMILES string of the molecule is O=C(C1CCN(CC23CC4CC(CC(C4)C2)C3)CC1)N1CCCCc2cc(Cl)ccc21. The number of fused-ring (bicyclic) bond motifs is 1. The molecule has 1 amide bonds. The second-order valence-corrected chi connectivity index (χ2v) is 12.1. The maximum absolute atomic E-state index is 13.5. The lowest BCUT2D eigenvalue weighted by molar-refractivity contribution is -0.124. The van der Waals surface area contributed by atoms with Crippen molar-refractivity contribution in [3.63, 3.8) is 0 Å². The van der Waals surface area contributed by atoms with E-state index in [1.807, 2.05) is 6.07 Å². The number of likely N-dealkylation sites (tertiary alicyclic amines) is 1. The van der Waals surface area contributed by atoms with Crippen LogP contribution < -0.4 is 4.90 Å². The summed E-state index contributed by atoms with van der Waals surface area (Å²) in [4.78, 5) is 18.4. The number of anilines is 1. The zero-order chi connectivity index (χ0) is 21.0. The molecule has 3 nitrogen and oxygen atoms in total. The number of amides is 1. The summed E-state index contributed by atoms with van der Waals surface area (Å²) in [6, 6.07) is 6.08. The average Bonchev–Trinajstić information content (AvgIpc) is 2.94. The van der Waals surface area contributed by atoms with Gasteiger partial charge in [-0.3, -0.25) is 4.79 Å². The Kier molecular flexibility index (Phi) is 5.34. The van der Waals surface area contributed by atoms with Crippen molar-refractivity contribution in [3.8, 4) is 0 Å². The highest BCUT2D eigenvalue weighted by Crippen LogP contribution is 2.60. The number of hydrogen-bond donors (Lipinski definition) is 0. The minimum atomic E-state index is 0.189. The quantitative estimate of drug-likeness (QED) is 0.580.